The van der Waals surface area contributed by atoms with E-state index in [0.717, 1.165) is 10.8 Å². The average Bonchev–Trinajstić information content (AvgIpc) is 2.32. The summed E-state index contributed by atoms with van der Waals surface area (Å²) in [5, 5.41) is 0. The highest BCUT2D eigenvalue weighted by Gasteiger charge is 2.10. The molecular formula is C10H15FN2O4. The van der Waals surface area contributed by atoms with E-state index in [1.54, 1.807) is 13.8 Å². The zero-order chi connectivity index (χ0) is 12.8. The average molecular weight is 246 g/mol. The van der Waals surface area contributed by atoms with Crippen molar-refractivity contribution in [3.05, 3.63) is 32.9 Å². The molecule has 0 atom stereocenters. The van der Waals surface area contributed by atoms with Gasteiger partial charge in [0.2, 0.25) is 5.82 Å². The SMILES string of the molecule is CCOCn1cc(F)c(=O)n(COCC)c1=O. The molecule has 0 radical (unpaired) electrons. The van der Waals surface area contributed by atoms with Gasteiger partial charge >= 0.3 is 5.69 Å². The number of ether oxygens (including phenoxy) is 2. The van der Waals surface area contributed by atoms with E-state index in [2.05, 4.69) is 0 Å². The normalized spacial score (nSPS) is 10.8. The van der Waals surface area contributed by atoms with Crippen LogP contribution in [0.5, 0.6) is 0 Å². The second kappa shape index (κ2) is 6.31. The fourth-order valence-electron chi connectivity index (χ4n) is 1.20. The van der Waals surface area contributed by atoms with Gasteiger partial charge in [-0.25, -0.2) is 9.36 Å². The Hall–Kier alpha value is -1.47. The van der Waals surface area contributed by atoms with E-state index >= 15 is 0 Å². The number of rotatable bonds is 6. The number of halogens is 1. The van der Waals surface area contributed by atoms with Gasteiger partial charge < -0.3 is 9.47 Å². The molecule has 0 saturated heterocycles. The lowest BCUT2D eigenvalue weighted by molar-refractivity contribution is 0.0644. The predicted octanol–water partition coefficient (Wildman–Crippen LogP) is 0.137. The summed E-state index contributed by atoms with van der Waals surface area (Å²) in [5.41, 5.74) is -1.64. The third-order valence-corrected chi connectivity index (χ3v) is 2.05. The van der Waals surface area contributed by atoms with E-state index in [1.165, 1.54) is 0 Å². The standard InChI is InChI=1S/C10H15FN2O4/c1-3-16-6-12-5-8(11)9(14)13(10(12)15)7-17-4-2/h5H,3-4,6-7H2,1-2H3. The maximum absolute atomic E-state index is 13.3. The Balaban J connectivity index is 3.13. The van der Waals surface area contributed by atoms with Gasteiger partial charge in [0, 0.05) is 13.2 Å². The Labute approximate surface area is 97.2 Å². The third-order valence-electron chi connectivity index (χ3n) is 2.05. The molecule has 0 amide bonds. The summed E-state index contributed by atoms with van der Waals surface area (Å²) >= 11 is 0. The molecule has 17 heavy (non-hydrogen) atoms. The smallest absolute Gasteiger partial charge is 0.334 e. The molecule has 0 aliphatic carbocycles. The fraction of sp³-hybridized carbons (Fsp3) is 0.600. The summed E-state index contributed by atoms with van der Waals surface area (Å²) in [4.78, 5) is 23.1. The molecular weight excluding hydrogens is 231 g/mol. The Morgan fingerprint density at radius 3 is 2.35 bits per heavy atom. The van der Waals surface area contributed by atoms with Crippen molar-refractivity contribution in [2.45, 2.75) is 27.3 Å². The molecule has 6 nitrogen and oxygen atoms in total. The van der Waals surface area contributed by atoms with Crippen LogP contribution >= 0.6 is 0 Å². The van der Waals surface area contributed by atoms with Gasteiger partial charge in [0.05, 0.1) is 6.20 Å². The monoisotopic (exact) mass is 246 g/mol. The first-order valence-corrected chi connectivity index (χ1v) is 5.27. The largest absolute Gasteiger partial charge is 0.361 e. The minimum Gasteiger partial charge on any atom is -0.361 e. The van der Waals surface area contributed by atoms with Crippen LogP contribution in [0.1, 0.15) is 13.8 Å². The predicted molar refractivity (Wildman–Crippen MR) is 58.2 cm³/mol. The van der Waals surface area contributed by atoms with Crippen LogP contribution in [0.2, 0.25) is 0 Å². The topological polar surface area (TPSA) is 62.5 Å². The van der Waals surface area contributed by atoms with Gasteiger partial charge in [-0.05, 0) is 13.8 Å². The molecule has 0 aliphatic heterocycles. The summed E-state index contributed by atoms with van der Waals surface area (Å²) in [7, 11) is 0. The Bertz CT molecular complexity index is 480. The molecule has 7 heteroatoms. The zero-order valence-corrected chi connectivity index (χ0v) is 9.81. The van der Waals surface area contributed by atoms with Gasteiger partial charge in [0.1, 0.15) is 13.5 Å². The van der Waals surface area contributed by atoms with E-state index in [-0.39, 0.29) is 13.5 Å². The fourth-order valence-corrected chi connectivity index (χ4v) is 1.20. The Morgan fingerprint density at radius 2 is 1.76 bits per heavy atom. The van der Waals surface area contributed by atoms with Crippen molar-refractivity contribution in [1.82, 2.24) is 9.13 Å². The lowest BCUT2D eigenvalue weighted by Crippen LogP contribution is -2.42. The highest BCUT2D eigenvalue weighted by molar-refractivity contribution is 4.89. The highest BCUT2D eigenvalue weighted by Crippen LogP contribution is 1.89. The zero-order valence-electron chi connectivity index (χ0n) is 9.81. The van der Waals surface area contributed by atoms with Gasteiger partial charge in [-0.3, -0.25) is 9.36 Å². The molecule has 0 saturated carbocycles. The van der Waals surface area contributed by atoms with E-state index in [0.29, 0.717) is 17.8 Å². The van der Waals surface area contributed by atoms with Crippen molar-refractivity contribution in [3.63, 3.8) is 0 Å². The van der Waals surface area contributed by atoms with Crippen LogP contribution in [0, 0.1) is 5.82 Å². The van der Waals surface area contributed by atoms with Crippen LogP contribution in [-0.4, -0.2) is 22.3 Å². The maximum atomic E-state index is 13.3. The molecule has 1 aromatic rings. The third kappa shape index (κ3) is 3.24. The van der Waals surface area contributed by atoms with Crippen LogP contribution in [0.25, 0.3) is 0 Å². The number of aromatic nitrogens is 2. The van der Waals surface area contributed by atoms with Crippen molar-refractivity contribution < 1.29 is 13.9 Å². The molecule has 1 aromatic heterocycles. The summed E-state index contributed by atoms with van der Waals surface area (Å²) in [6, 6.07) is 0. The lowest BCUT2D eigenvalue weighted by atomic mass is 10.6. The van der Waals surface area contributed by atoms with Gasteiger partial charge in [-0.2, -0.15) is 4.39 Å². The summed E-state index contributed by atoms with van der Waals surface area (Å²) in [5.74, 6) is -1.01. The second-order valence-electron chi connectivity index (χ2n) is 3.21. The van der Waals surface area contributed by atoms with Gasteiger partial charge in [-0.1, -0.05) is 0 Å². The Morgan fingerprint density at radius 1 is 1.18 bits per heavy atom. The van der Waals surface area contributed by atoms with E-state index in [4.69, 9.17) is 9.47 Å². The molecule has 1 heterocycles. The van der Waals surface area contributed by atoms with Crippen LogP contribution < -0.4 is 11.2 Å². The van der Waals surface area contributed by atoms with E-state index in [9.17, 15) is 14.0 Å². The molecule has 0 unspecified atom stereocenters. The molecule has 0 aliphatic rings. The first kappa shape index (κ1) is 13.6. The summed E-state index contributed by atoms with van der Waals surface area (Å²) < 4.78 is 24.9. The summed E-state index contributed by atoms with van der Waals surface area (Å²) in [6.45, 7) is 3.81. The van der Waals surface area contributed by atoms with Crippen LogP contribution in [0.15, 0.2) is 15.8 Å². The number of hydrogen-bond donors (Lipinski definition) is 0. The van der Waals surface area contributed by atoms with E-state index < -0.39 is 17.1 Å². The first-order chi connectivity index (χ1) is 8.11. The van der Waals surface area contributed by atoms with Crippen molar-refractivity contribution in [3.8, 4) is 0 Å². The lowest BCUT2D eigenvalue weighted by Gasteiger charge is -2.10. The number of hydrogen-bond acceptors (Lipinski definition) is 4. The molecule has 0 N–H and O–H groups in total. The molecule has 0 bridgehead atoms. The van der Waals surface area contributed by atoms with Gasteiger partial charge in [-0.15, -0.1) is 0 Å². The molecule has 0 fully saturated rings. The van der Waals surface area contributed by atoms with E-state index in [1.807, 2.05) is 0 Å². The molecule has 0 spiro atoms. The number of nitrogens with zero attached hydrogens (tertiary/aromatic N) is 2. The molecule has 1 rings (SSSR count). The quantitative estimate of drug-likeness (QED) is 0.716. The van der Waals surface area contributed by atoms with Gasteiger partial charge in [0.15, 0.2) is 0 Å². The van der Waals surface area contributed by atoms with Crippen LogP contribution in [0.4, 0.5) is 4.39 Å². The summed E-state index contributed by atoms with van der Waals surface area (Å²) in [6.07, 6.45) is 0.836. The van der Waals surface area contributed by atoms with Crippen LogP contribution in [0.3, 0.4) is 0 Å². The van der Waals surface area contributed by atoms with Crippen molar-refractivity contribution in [1.29, 1.82) is 0 Å². The minimum absolute atomic E-state index is 0.0986. The van der Waals surface area contributed by atoms with Gasteiger partial charge in [0.25, 0.3) is 5.56 Å². The minimum atomic E-state index is -1.01. The van der Waals surface area contributed by atoms with Crippen molar-refractivity contribution >= 4 is 0 Å². The highest BCUT2D eigenvalue weighted by atomic mass is 19.1. The molecule has 0 aromatic carbocycles. The maximum Gasteiger partial charge on any atom is 0.334 e. The van der Waals surface area contributed by atoms with Crippen LogP contribution in [-0.2, 0) is 22.9 Å². The first-order valence-electron chi connectivity index (χ1n) is 5.27. The second-order valence-corrected chi connectivity index (χ2v) is 3.21. The Kier molecular flexibility index (Phi) is 5.05. The van der Waals surface area contributed by atoms with Crippen molar-refractivity contribution in [2.24, 2.45) is 0 Å². The molecule has 96 valence electrons. The van der Waals surface area contributed by atoms with Crippen molar-refractivity contribution in [2.75, 3.05) is 13.2 Å².